The molecule has 1 atom stereocenters. The van der Waals surface area contributed by atoms with E-state index in [0.717, 1.165) is 23.8 Å². The summed E-state index contributed by atoms with van der Waals surface area (Å²) in [4.78, 5) is 0. The molecule has 3 rings (SSSR count). The fourth-order valence-corrected chi connectivity index (χ4v) is 3.73. The first-order valence-electron chi connectivity index (χ1n) is 6.93. The van der Waals surface area contributed by atoms with Crippen LogP contribution in [0.3, 0.4) is 0 Å². The molecule has 0 aromatic heterocycles. The first kappa shape index (κ1) is 12.9. The lowest BCUT2D eigenvalue weighted by Crippen LogP contribution is -2.18. The average molecular weight is 277 g/mol. The Morgan fingerprint density at radius 2 is 1.68 bits per heavy atom. The Bertz CT molecular complexity index is 599. The van der Waals surface area contributed by atoms with Gasteiger partial charge < -0.3 is 0 Å². The van der Waals surface area contributed by atoms with E-state index in [1.54, 1.807) is 6.07 Å². The number of fused-ring (bicyclic) bond motifs is 1. The minimum atomic E-state index is -0.167. The second-order valence-electron chi connectivity index (χ2n) is 5.91. The van der Waals surface area contributed by atoms with Gasteiger partial charge in [-0.1, -0.05) is 50.1 Å². The molecule has 0 saturated heterocycles. The van der Waals surface area contributed by atoms with Crippen LogP contribution in [0.1, 0.15) is 43.5 Å². The van der Waals surface area contributed by atoms with E-state index < -0.39 is 0 Å². The second kappa shape index (κ2) is 4.79. The highest BCUT2D eigenvalue weighted by Crippen LogP contribution is 2.51. The molecule has 2 aromatic carbocycles. The van der Waals surface area contributed by atoms with Crippen LogP contribution in [0, 0.1) is 11.2 Å². The Labute approximate surface area is 118 Å². The van der Waals surface area contributed by atoms with Crippen molar-refractivity contribution in [3.63, 3.8) is 0 Å². The summed E-state index contributed by atoms with van der Waals surface area (Å²) in [6, 6.07) is 11.0. The highest BCUT2D eigenvalue weighted by molar-refractivity contribution is 6.22. The summed E-state index contributed by atoms with van der Waals surface area (Å²) in [5, 5.41) is 1.59. The van der Waals surface area contributed by atoms with Crippen LogP contribution < -0.4 is 0 Å². The molecule has 0 spiro atoms. The van der Waals surface area contributed by atoms with Gasteiger partial charge in [0.25, 0.3) is 0 Å². The summed E-state index contributed by atoms with van der Waals surface area (Å²) in [6.07, 6.45) is 4.82. The standard InChI is InChI=1S/C17H18ClF/c1-17(10-4-5-11-17)16(18)14-8-9-15(19)13-7-3-2-6-12(13)14/h2-3,6-9,16H,4-5,10-11H2,1H3. The minimum Gasteiger partial charge on any atom is -0.206 e. The lowest BCUT2D eigenvalue weighted by molar-refractivity contribution is 0.323. The Kier molecular flexibility index (Phi) is 3.26. The van der Waals surface area contributed by atoms with Crippen LogP contribution in [0.25, 0.3) is 10.8 Å². The smallest absolute Gasteiger partial charge is 0.131 e. The van der Waals surface area contributed by atoms with Crippen molar-refractivity contribution in [2.45, 2.75) is 38.0 Å². The maximum atomic E-state index is 13.9. The maximum absolute atomic E-state index is 13.9. The average Bonchev–Trinajstić information content (AvgIpc) is 2.87. The van der Waals surface area contributed by atoms with Gasteiger partial charge in [-0.05, 0) is 35.3 Å². The van der Waals surface area contributed by atoms with Crippen molar-refractivity contribution in [3.8, 4) is 0 Å². The van der Waals surface area contributed by atoms with Crippen LogP contribution in [0.15, 0.2) is 36.4 Å². The summed E-state index contributed by atoms with van der Waals surface area (Å²) < 4.78 is 13.9. The highest BCUT2D eigenvalue weighted by Gasteiger charge is 2.37. The van der Waals surface area contributed by atoms with Gasteiger partial charge in [0, 0.05) is 5.39 Å². The van der Waals surface area contributed by atoms with E-state index in [1.807, 2.05) is 30.3 Å². The van der Waals surface area contributed by atoms with Gasteiger partial charge in [0.1, 0.15) is 5.82 Å². The third kappa shape index (κ3) is 2.14. The molecule has 1 fully saturated rings. The molecule has 0 amide bonds. The molecule has 0 nitrogen and oxygen atoms in total. The predicted molar refractivity (Wildman–Crippen MR) is 79.1 cm³/mol. The predicted octanol–water partition coefficient (Wildman–Crippen LogP) is 5.84. The van der Waals surface area contributed by atoms with Gasteiger partial charge in [-0.2, -0.15) is 0 Å². The second-order valence-corrected chi connectivity index (χ2v) is 6.34. The lowest BCUT2D eigenvalue weighted by atomic mass is 9.80. The van der Waals surface area contributed by atoms with Crippen molar-refractivity contribution in [2.24, 2.45) is 5.41 Å². The maximum Gasteiger partial charge on any atom is 0.131 e. The normalized spacial score (nSPS) is 19.7. The molecule has 0 radical (unpaired) electrons. The molecule has 0 heterocycles. The molecule has 1 unspecified atom stereocenters. The molecule has 19 heavy (non-hydrogen) atoms. The van der Waals surface area contributed by atoms with E-state index in [0.29, 0.717) is 5.39 Å². The topological polar surface area (TPSA) is 0 Å². The molecule has 2 heteroatoms. The van der Waals surface area contributed by atoms with Gasteiger partial charge in [-0.25, -0.2) is 4.39 Å². The quantitative estimate of drug-likeness (QED) is 0.605. The summed E-state index contributed by atoms with van der Waals surface area (Å²) in [5.74, 6) is -0.167. The largest absolute Gasteiger partial charge is 0.206 e. The molecule has 100 valence electrons. The lowest BCUT2D eigenvalue weighted by Gasteiger charge is -2.30. The Morgan fingerprint density at radius 1 is 1.05 bits per heavy atom. The molecular formula is C17H18ClF. The monoisotopic (exact) mass is 276 g/mol. The molecule has 0 N–H and O–H groups in total. The SMILES string of the molecule is CC1(C(Cl)c2ccc(F)c3ccccc23)CCCC1. The van der Waals surface area contributed by atoms with Gasteiger partial charge in [0.2, 0.25) is 0 Å². The van der Waals surface area contributed by atoms with Gasteiger partial charge in [0.05, 0.1) is 5.38 Å². The van der Waals surface area contributed by atoms with Crippen LogP contribution in [-0.4, -0.2) is 0 Å². The van der Waals surface area contributed by atoms with Crippen molar-refractivity contribution < 1.29 is 4.39 Å². The van der Waals surface area contributed by atoms with Gasteiger partial charge in [-0.15, -0.1) is 11.6 Å². The van der Waals surface area contributed by atoms with Crippen molar-refractivity contribution in [3.05, 3.63) is 47.8 Å². The summed E-state index contributed by atoms with van der Waals surface area (Å²) in [6.45, 7) is 2.26. The zero-order valence-corrected chi connectivity index (χ0v) is 11.9. The molecule has 1 aliphatic rings. The number of rotatable bonds is 2. The summed E-state index contributed by atoms with van der Waals surface area (Å²) in [5.41, 5.74) is 1.21. The fraction of sp³-hybridized carbons (Fsp3) is 0.412. The van der Waals surface area contributed by atoms with Crippen LogP contribution in [0.2, 0.25) is 0 Å². The van der Waals surface area contributed by atoms with Crippen LogP contribution in [0.4, 0.5) is 4.39 Å². The molecule has 1 saturated carbocycles. The van der Waals surface area contributed by atoms with E-state index in [-0.39, 0.29) is 16.6 Å². The minimum absolute atomic E-state index is 0.0412. The van der Waals surface area contributed by atoms with Gasteiger partial charge in [-0.3, -0.25) is 0 Å². The highest BCUT2D eigenvalue weighted by atomic mass is 35.5. The molecule has 0 aliphatic heterocycles. The van der Waals surface area contributed by atoms with E-state index in [2.05, 4.69) is 6.92 Å². The van der Waals surface area contributed by atoms with E-state index in [1.165, 1.54) is 12.8 Å². The van der Waals surface area contributed by atoms with Crippen molar-refractivity contribution in [1.29, 1.82) is 0 Å². The van der Waals surface area contributed by atoms with E-state index >= 15 is 0 Å². The molecule has 1 aliphatic carbocycles. The molecule has 2 aromatic rings. The summed E-state index contributed by atoms with van der Waals surface area (Å²) in [7, 11) is 0. The van der Waals surface area contributed by atoms with Crippen molar-refractivity contribution >= 4 is 22.4 Å². The van der Waals surface area contributed by atoms with Crippen molar-refractivity contribution in [1.82, 2.24) is 0 Å². The van der Waals surface area contributed by atoms with Gasteiger partial charge in [0.15, 0.2) is 0 Å². The first-order valence-corrected chi connectivity index (χ1v) is 7.37. The zero-order valence-electron chi connectivity index (χ0n) is 11.1. The van der Waals surface area contributed by atoms with Crippen LogP contribution >= 0.6 is 11.6 Å². The number of alkyl halides is 1. The summed E-state index contributed by atoms with van der Waals surface area (Å²) >= 11 is 6.76. The van der Waals surface area contributed by atoms with E-state index in [9.17, 15) is 4.39 Å². The Morgan fingerprint density at radius 3 is 2.37 bits per heavy atom. The fourth-order valence-electron chi connectivity index (χ4n) is 3.32. The van der Waals surface area contributed by atoms with Crippen LogP contribution in [-0.2, 0) is 0 Å². The number of benzene rings is 2. The third-order valence-corrected chi connectivity index (χ3v) is 5.30. The zero-order chi connectivity index (χ0) is 13.5. The first-order chi connectivity index (χ1) is 9.12. The Hall–Kier alpha value is -1.08. The number of halogens is 2. The number of hydrogen-bond acceptors (Lipinski definition) is 0. The van der Waals surface area contributed by atoms with E-state index in [4.69, 9.17) is 11.6 Å². The molecular weight excluding hydrogens is 259 g/mol. The Balaban J connectivity index is 2.12. The van der Waals surface area contributed by atoms with Gasteiger partial charge >= 0.3 is 0 Å². The number of hydrogen-bond donors (Lipinski definition) is 0. The third-order valence-electron chi connectivity index (χ3n) is 4.54. The molecule has 0 bridgehead atoms. The van der Waals surface area contributed by atoms with Crippen molar-refractivity contribution in [2.75, 3.05) is 0 Å². The van der Waals surface area contributed by atoms with Crippen LogP contribution in [0.5, 0.6) is 0 Å².